The molecule has 1 aliphatic heterocycles. The predicted octanol–water partition coefficient (Wildman–Crippen LogP) is 3.37. The van der Waals surface area contributed by atoms with Gasteiger partial charge in [-0.05, 0) is 28.8 Å². The molecule has 118 valence electrons. The second-order valence-corrected chi connectivity index (χ2v) is 5.50. The molecule has 0 unspecified atom stereocenters. The van der Waals surface area contributed by atoms with Gasteiger partial charge in [0.05, 0.1) is 19.8 Å². The molecule has 0 saturated carbocycles. The van der Waals surface area contributed by atoms with Gasteiger partial charge in [-0.1, -0.05) is 36.9 Å². The summed E-state index contributed by atoms with van der Waals surface area (Å²) in [5, 5.41) is 0. The van der Waals surface area contributed by atoms with E-state index < -0.39 is 0 Å². The van der Waals surface area contributed by atoms with Crippen LogP contribution in [0.5, 0.6) is 11.5 Å². The normalized spacial score (nSPS) is 13.7. The second kappa shape index (κ2) is 6.16. The summed E-state index contributed by atoms with van der Waals surface area (Å²) in [5.74, 6) is 1.14. The van der Waals surface area contributed by atoms with E-state index in [0.717, 1.165) is 16.7 Å². The minimum atomic E-state index is -0.0165. The lowest BCUT2D eigenvalue weighted by Crippen LogP contribution is -2.36. The standard InChI is InChI=1S/C19H19NO3/c1-13-11-20(12-14-7-5-4-6-8-14)19(21)16-10-18(23-3)17(22-2)9-15(13)16/h4-10H,1,11-12H2,2-3H3. The SMILES string of the molecule is C=C1CN(Cc2ccccc2)C(=O)c2cc(OC)c(OC)cc21. The van der Waals surface area contributed by atoms with Crippen molar-refractivity contribution in [2.24, 2.45) is 0 Å². The number of benzene rings is 2. The van der Waals surface area contributed by atoms with Crippen LogP contribution in [0.15, 0.2) is 49.0 Å². The predicted molar refractivity (Wildman–Crippen MR) is 89.8 cm³/mol. The summed E-state index contributed by atoms with van der Waals surface area (Å²) in [7, 11) is 3.15. The molecule has 0 saturated heterocycles. The first-order valence-corrected chi connectivity index (χ1v) is 7.41. The highest BCUT2D eigenvalue weighted by Crippen LogP contribution is 2.36. The number of hydrogen-bond donors (Lipinski definition) is 0. The van der Waals surface area contributed by atoms with Gasteiger partial charge in [-0.2, -0.15) is 0 Å². The quantitative estimate of drug-likeness (QED) is 0.869. The molecule has 1 aliphatic rings. The van der Waals surface area contributed by atoms with Gasteiger partial charge in [0, 0.05) is 13.1 Å². The Morgan fingerprint density at radius 3 is 2.26 bits per heavy atom. The van der Waals surface area contributed by atoms with Crippen LogP contribution in [0.3, 0.4) is 0 Å². The van der Waals surface area contributed by atoms with Gasteiger partial charge < -0.3 is 14.4 Å². The van der Waals surface area contributed by atoms with E-state index in [9.17, 15) is 4.79 Å². The largest absolute Gasteiger partial charge is 0.493 e. The molecule has 23 heavy (non-hydrogen) atoms. The van der Waals surface area contributed by atoms with Crippen LogP contribution in [0.1, 0.15) is 21.5 Å². The Morgan fingerprint density at radius 1 is 1.04 bits per heavy atom. The average Bonchev–Trinajstić information content (AvgIpc) is 2.59. The van der Waals surface area contributed by atoms with Crippen LogP contribution in [-0.2, 0) is 6.54 Å². The molecule has 1 amide bonds. The topological polar surface area (TPSA) is 38.8 Å². The van der Waals surface area contributed by atoms with E-state index in [1.807, 2.05) is 36.4 Å². The Labute approximate surface area is 135 Å². The van der Waals surface area contributed by atoms with E-state index in [0.29, 0.717) is 30.2 Å². The fourth-order valence-electron chi connectivity index (χ4n) is 2.84. The lowest BCUT2D eigenvalue weighted by molar-refractivity contribution is 0.0757. The van der Waals surface area contributed by atoms with E-state index in [1.165, 1.54) is 0 Å². The minimum absolute atomic E-state index is 0.0165. The maximum absolute atomic E-state index is 12.8. The van der Waals surface area contributed by atoms with Crippen molar-refractivity contribution in [2.75, 3.05) is 20.8 Å². The monoisotopic (exact) mass is 309 g/mol. The number of ether oxygens (including phenoxy) is 2. The van der Waals surface area contributed by atoms with Gasteiger partial charge in [-0.25, -0.2) is 0 Å². The number of rotatable bonds is 4. The highest BCUT2D eigenvalue weighted by Gasteiger charge is 2.28. The zero-order valence-corrected chi connectivity index (χ0v) is 13.3. The summed E-state index contributed by atoms with van der Waals surface area (Å²) in [5.41, 5.74) is 3.43. The van der Waals surface area contributed by atoms with Crippen LogP contribution in [0.4, 0.5) is 0 Å². The van der Waals surface area contributed by atoms with E-state index in [4.69, 9.17) is 9.47 Å². The summed E-state index contributed by atoms with van der Waals surface area (Å²) in [6.45, 7) is 5.19. The van der Waals surface area contributed by atoms with Crippen LogP contribution in [0.25, 0.3) is 5.57 Å². The molecule has 3 rings (SSSR count). The van der Waals surface area contributed by atoms with E-state index in [-0.39, 0.29) is 5.91 Å². The molecular formula is C19H19NO3. The van der Waals surface area contributed by atoms with Crippen LogP contribution in [-0.4, -0.2) is 31.6 Å². The second-order valence-electron chi connectivity index (χ2n) is 5.50. The van der Waals surface area contributed by atoms with Crippen molar-refractivity contribution in [3.05, 3.63) is 65.7 Å². The van der Waals surface area contributed by atoms with Crippen molar-refractivity contribution >= 4 is 11.5 Å². The summed E-state index contributed by atoms with van der Waals surface area (Å²) in [6, 6.07) is 13.5. The third-order valence-corrected chi connectivity index (χ3v) is 4.02. The molecule has 2 aromatic carbocycles. The summed E-state index contributed by atoms with van der Waals surface area (Å²) in [4.78, 5) is 14.6. The third kappa shape index (κ3) is 2.80. The molecule has 0 atom stereocenters. The minimum Gasteiger partial charge on any atom is -0.493 e. The lowest BCUT2D eigenvalue weighted by atomic mass is 9.94. The van der Waals surface area contributed by atoms with Crippen molar-refractivity contribution < 1.29 is 14.3 Å². The number of amides is 1. The number of nitrogens with zero attached hydrogens (tertiary/aromatic N) is 1. The Bertz CT molecular complexity index is 753. The molecule has 4 nitrogen and oxygen atoms in total. The molecule has 0 N–H and O–H groups in total. The van der Waals surface area contributed by atoms with Crippen LogP contribution < -0.4 is 9.47 Å². The highest BCUT2D eigenvalue weighted by atomic mass is 16.5. The van der Waals surface area contributed by atoms with Gasteiger partial charge in [0.1, 0.15) is 0 Å². The fraction of sp³-hybridized carbons (Fsp3) is 0.211. The van der Waals surface area contributed by atoms with Crippen molar-refractivity contribution in [3.63, 3.8) is 0 Å². The summed E-state index contributed by atoms with van der Waals surface area (Å²) in [6.07, 6.45) is 0. The van der Waals surface area contributed by atoms with Gasteiger partial charge in [0.2, 0.25) is 0 Å². The highest BCUT2D eigenvalue weighted by molar-refractivity contribution is 6.03. The van der Waals surface area contributed by atoms with Gasteiger partial charge >= 0.3 is 0 Å². The van der Waals surface area contributed by atoms with Crippen LogP contribution in [0, 0.1) is 0 Å². The zero-order valence-electron chi connectivity index (χ0n) is 13.3. The molecule has 0 aliphatic carbocycles. The third-order valence-electron chi connectivity index (χ3n) is 4.02. The molecule has 0 aromatic heterocycles. The van der Waals surface area contributed by atoms with Crippen LogP contribution in [0.2, 0.25) is 0 Å². The first-order chi connectivity index (χ1) is 11.1. The molecule has 2 aromatic rings. The number of fused-ring (bicyclic) bond motifs is 1. The van der Waals surface area contributed by atoms with E-state index >= 15 is 0 Å². The number of carbonyl (C=O) groups is 1. The Hall–Kier alpha value is -2.75. The number of hydrogen-bond acceptors (Lipinski definition) is 3. The van der Waals surface area contributed by atoms with Crippen molar-refractivity contribution in [1.29, 1.82) is 0 Å². The summed E-state index contributed by atoms with van der Waals surface area (Å²) >= 11 is 0. The Morgan fingerprint density at radius 2 is 1.65 bits per heavy atom. The van der Waals surface area contributed by atoms with Crippen molar-refractivity contribution in [1.82, 2.24) is 4.90 Å². The van der Waals surface area contributed by atoms with Gasteiger partial charge in [-0.15, -0.1) is 0 Å². The van der Waals surface area contributed by atoms with Crippen LogP contribution >= 0.6 is 0 Å². The van der Waals surface area contributed by atoms with Crippen molar-refractivity contribution in [2.45, 2.75) is 6.54 Å². The first kappa shape index (κ1) is 15.2. The van der Waals surface area contributed by atoms with Crippen molar-refractivity contribution in [3.8, 4) is 11.5 Å². The fourth-order valence-corrected chi connectivity index (χ4v) is 2.84. The number of carbonyl (C=O) groups excluding carboxylic acids is 1. The molecule has 0 bridgehead atoms. The molecule has 0 radical (unpaired) electrons. The molecule has 0 spiro atoms. The maximum Gasteiger partial charge on any atom is 0.255 e. The molecule has 1 heterocycles. The summed E-state index contributed by atoms with van der Waals surface area (Å²) < 4.78 is 10.6. The molecule has 0 fully saturated rings. The zero-order chi connectivity index (χ0) is 16.4. The van der Waals surface area contributed by atoms with Gasteiger partial charge in [0.25, 0.3) is 5.91 Å². The Kier molecular flexibility index (Phi) is 4.06. The first-order valence-electron chi connectivity index (χ1n) is 7.41. The lowest BCUT2D eigenvalue weighted by Gasteiger charge is -2.30. The Balaban J connectivity index is 1.97. The number of methoxy groups -OCH3 is 2. The average molecular weight is 309 g/mol. The molecular weight excluding hydrogens is 290 g/mol. The van der Waals surface area contributed by atoms with E-state index in [2.05, 4.69) is 6.58 Å². The smallest absolute Gasteiger partial charge is 0.255 e. The molecule has 4 heteroatoms. The van der Waals surface area contributed by atoms with E-state index in [1.54, 1.807) is 25.2 Å². The van der Waals surface area contributed by atoms with Gasteiger partial charge in [-0.3, -0.25) is 4.79 Å². The maximum atomic E-state index is 12.8. The van der Waals surface area contributed by atoms with Gasteiger partial charge in [0.15, 0.2) is 11.5 Å².